The average molecular weight is 329 g/mol. The fraction of sp³-hybridized carbons (Fsp3) is 0.421. The number of aryl methyl sites for hydroxylation is 1. The van der Waals surface area contributed by atoms with Crippen molar-refractivity contribution >= 4 is 18.2 Å². The van der Waals surface area contributed by atoms with Crippen LogP contribution >= 0.6 is 0 Å². The van der Waals surface area contributed by atoms with Crippen LogP contribution in [-0.4, -0.2) is 31.4 Å². The molecule has 1 aromatic carbocycles. The van der Waals surface area contributed by atoms with Crippen molar-refractivity contribution in [2.24, 2.45) is 10.9 Å². The first-order valence-corrected chi connectivity index (χ1v) is 8.14. The molecule has 1 unspecified atom stereocenters. The molecule has 5 heteroatoms. The summed E-state index contributed by atoms with van der Waals surface area (Å²) in [5, 5.41) is 0. The Morgan fingerprint density at radius 3 is 2.58 bits per heavy atom. The van der Waals surface area contributed by atoms with Crippen LogP contribution in [0.15, 0.2) is 40.5 Å². The molecule has 24 heavy (non-hydrogen) atoms. The topological polar surface area (TPSA) is 65.0 Å². The van der Waals surface area contributed by atoms with Gasteiger partial charge in [0.15, 0.2) is 5.90 Å². The lowest BCUT2D eigenvalue weighted by molar-refractivity contribution is -0.139. The average Bonchev–Trinajstić information content (AvgIpc) is 2.54. The molecule has 0 radical (unpaired) electrons. The van der Waals surface area contributed by atoms with Crippen LogP contribution in [-0.2, 0) is 19.1 Å². The summed E-state index contributed by atoms with van der Waals surface area (Å²) in [5.41, 5.74) is 2.88. The molecule has 0 bridgehead atoms. The maximum absolute atomic E-state index is 12.5. The SMILES string of the molecule is CCOC(=O)C1=C(C)N=C(OCC)C(C=O)[C@H]1c1cccc(C)c1. The van der Waals surface area contributed by atoms with Gasteiger partial charge < -0.3 is 14.3 Å². The molecule has 0 aromatic heterocycles. The number of benzene rings is 1. The first kappa shape index (κ1) is 17.9. The number of esters is 1. The van der Waals surface area contributed by atoms with Gasteiger partial charge in [0, 0.05) is 5.92 Å². The minimum atomic E-state index is -0.644. The van der Waals surface area contributed by atoms with Crippen molar-refractivity contribution in [3.63, 3.8) is 0 Å². The van der Waals surface area contributed by atoms with Crippen LogP contribution in [0.3, 0.4) is 0 Å². The van der Waals surface area contributed by atoms with Crippen LogP contribution in [0.1, 0.15) is 37.8 Å². The number of nitrogens with zero attached hydrogens (tertiary/aromatic N) is 1. The summed E-state index contributed by atoms with van der Waals surface area (Å²) in [6, 6.07) is 7.77. The molecule has 1 aromatic rings. The zero-order valence-electron chi connectivity index (χ0n) is 14.5. The van der Waals surface area contributed by atoms with E-state index in [0.29, 0.717) is 23.8 Å². The van der Waals surface area contributed by atoms with Crippen LogP contribution in [0.25, 0.3) is 0 Å². The van der Waals surface area contributed by atoms with E-state index in [4.69, 9.17) is 9.47 Å². The Kier molecular flexibility index (Phi) is 5.90. The van der Waals surface area contributed by atoms with Gasteiger partial charge in [0.25, 0.3) is 0 Å². The number of allylic oxidation sites excluding steroid dienone is 1. The number of hydrogen-bond acceptors (Lipinski definition) is 5. The molecule has 0 amide bonds. The third-order valence-electron chi connectivity index (χ3n) is 3.96. The van der Waals surface area contributed by atoms with E-state index in [1.165, 1.54) is 0 Å². The Morgan fingerprint density at radius 2 is 2.00 bits per heavy atom. The molecular weight excluding hydrogens is 306 g/mol. The molecule has 0 spiro atoms. The molecule has 0 saturated heterocycles. The number of carbonyl (C=O) groups is 2. The molecule has 1 aliphatic rings. The quantitative estimate of drug-likeness (QED) is 0.615. The van der Waals surface area contributed by atoms with E-state index < -0.39 is 17.8 Å². The normalized spacial score (nSPS) is 20.4. The van der Waals surface area contributed by atoms with E-state index in [9.17, 15) is 9.59 Å². The fourth-order valence-electron chi connectivity index (χ4n) is 2.98. The van der Waals surface area contributed by atoms with Crippen molar-refractivity contribution in [2.75, 3.05) is 13.2 Å². The Morgan fingerprint density at radius 1 is 1.25 bits per heavy atom. The Labute approximate surface area is 142 Å². The van der Waals surface area contributed by atoms with E-state index in [-0.39, 0.29) is 6.61 Å². The largest absolute Gasteiger partial charge is 0.480 e. The number of ether oxygens (including phenoxy) is 2. The van der Waals surface area contributed by atoms with Gasteiger partial charge >= 0.3 is 5.97 Å². The minimum Gasteiger partial charge on any atom is -0.480 e. The highest BCUT2D eigenvalue weighted by Crippen LogP contribution is 2.39. The van der Waals surface area contributed by atoms with Gasteiger partial charge in [-0.05, 0) is 33.3 Å². The number of carbonyl (C=O) groups excluding carboxylic acids is 2. The highest BCUT2D eigenvalue weighted by atomic mass is 16.5. The molecule has 0 fully saturated rings. The maximum Gasteiger partial charge on any atom is 0.336 e. The monoisotopic (exact) mass is 329 g/mol. The lowest BCUT2D eigenvalue weighted by Gasteiger charge is -2.30. The van der Waals surface area contributed by atoms with Crippen molar-refractivity contribution < 1.29 is 19.1 Å². The Bertz CT molecular complexity index is 690. The van der Waals surface area contributed by atoms with Gasteiger partial charge in [-0.1, -0.05) is 29.8 Å². The lowest BCUT2D eigenvalue weighted by atomic mass is 9.78. The minimum absolute atomic E-state index is 0.268. The van der Waals surface area contributed by atoms with Gasteiger partial charge in [-0.25, -0.2) is 9.79 Å². The van der Waals surface area contributed by atoms with Gasteiger partial charge in [0.2, 0.25) is 0 Å². The van der Waals surface area contributed by atoms with E-state index in [0.717, 1.165) is 17.4 Å². The molecule has 0 aliphatic carbocycles. The van der Waals surface area contributed by atoms with Crippen LogP contribution in [0.4, 0.5) is 0 Å². The Balaban J connectivity index is 2.61. The second kappa shape index (κ2) is 7.90. The Hall–Kier alpha value is -2.43. The number of aliphatic imine (C=N–C) groups is 1. The van der Waals surface area contributed by atoms with E-state index in [2.05, 4.69) is 4.99 Å². The third-order valence-corrected chi connectivity index (χ3v) is 3.96. The van der Waals surface area contributed by atoms with Gasteiger partial charge in [-0.15, -0.1) is 0 Å². The van der Waals surface area contributed by atoms with Crippen LogP contribution in [0.2, 0.25) is 0 Å². The van der Waals surface area contributed by atoms with Crippen LogP contribution in [0, 0.1) is 12.8 Å². The van der Waals surface area contributed by atoms with Crippen molar-refractivity contribution in [3.05, 3.63) is 46.7 Å². The van der Waals surface area contributed by atoms with Crippen molar-refractivity contribution in [1.29, 1.82) is 0 Å². The van der Waals surface area contributed by atoms with Crippen molar-refractivity contribution in [3.8, 4) is 0 Å². The van der Waals surface area contributed by atoms with Crippen LogP contribution in [0.5, 0.6) is 0 Å². The summed E-state index contributed by atoms with van der Waals surface area (Å²) in [6.45, 7) is 7.99. The van der Waals surface area contributed by atoms with Crippen molar-refractivity contribution in [1.82, 2.24) is 0 Å². The second-order valence-corrected chi connectivity index (χ2v) is 5.66. The lowest BCUT2D eigenvalue weighted by Crippen LogP contribution is -2.34. The molecule has 2 rings (SSSR count). The first-order valence-electron chi connectivity index (χ1n) is 8.14. The zero-order chi connectivity index (χ0) is 17.7. The van der Waals surface area contributed by atoms with Gasteiger partial charge in [-0.3, -0.25) is 0 Å². The van der Waals surface area contributed by atoms with Gasteiger partial charge in [-0.2, -0.15) is 0 Å². The van der Waals surface area contributed by atoms with E-state index in [1.807, 2.05) is 38.1 Å². The molecular formula is C19H23NO4. The maximum atomic E-state index is 12.5. The third kappa shape index (κ3) is 3.55. The van der Waals surface area contributed by atoms with E-state index >= 15 is 0 Å². The summed E-state index contributed by atoms with van der Waals surface area (Å²) in [6.07, 6.45) is 0.799. The highest BCUT2D eigenvalue weighted by molar-refractivity contribution is 6.01. The molecule has 0 saturated carbocycles. The summed E-state index contributed by atoms with van der Waals surface area (Å²) in [5.74, 6) is -1.19. The number of hydrogen-bond donors (Lipinski definition) is 0. The smallest absolute Gasteiger partial charge is 0.336 e. The molecule has 1 heterocycles. The second-order valence-electron chi connectivity index (χ2n) is 5.66. The standard InChI is InChI=1S/C19H23NO4/c1-5-23-18-15(11-21)17(14-9-7-8-12(3)10-14)16(13(4)20-18)19(22)24-6-2/h7-11,15,17H,5-6H2,1-4H3/t15?,17-/m1/s1. The predicted molar refractivity (Wildman–Crippen MR) is 91.9 cm³/mol. The summed E-state index contributed by atoms with van der Waals surface area (Å²) < 4.78 is 10.8. The first-order chi connectivity index (χ1) is 11.5. The zero-order valence-corrected chi connectivity index (χ0v) is 14.5. The molecule has 0 N–H and O–H groups in total. The highest BCUT2D eigenvalue weighted by Gasteiger charge is 2.39. The van der Waals surface area contributed by atoms with Gasteiger partial charge in [0.05, 0.1) is 24.5 Å². The predicted octanol–water partition coefficient (Wildman–Crippen LogP) is 3.18. The van der Waals surface area contributed by atoms with E-state index in [1.54, 1.807) is 13.8 Å². The van der Waals surface area contributed by atoms with Gasteiger partial charge in [0.1, 0.15) is 12.2 Å². The number of aldehydes is 1. The molecule has 1 aliphatic heterocycles. The number of rotatable bonds is 5. The molecule has 2 atom stereocenters. The van der Waals surface area contributed by atoms with Crippen molar-refractivity contribution in [2.45, 2.75) is 33.6 Å². The molecule has 128 valence electrons. The van der Waals surface area contributed by atoms with Crippen LogP contribution < -0.4 is 0 Å². The fourth-order valence-corrected chi connectivity index (χ4v) is 2.98. The summed E-state index contributed by atoms with van der Waals surface area (Å²) in [7, 11) is 0. The molecule has 5 nitrogen and oxygen atoms in total. The summed E-state index contributed by atoms with van der Waals surface area (Å²) in [4.78, 5) is 28.7. The summed E-state index contributed by atoms with van der Waals surface area (Å²) >= 11 is 0.